The molecular formula is C17H19BrClNO. The standard InChI is InChI=1S/C17H19BrClNO/c1-3-16(20-4-2)12-6-5-7-14(10-12)21-17-11-13(18)8-9-15(17)19/h5-11,16,20H,3-4H2,1-2H3. The van der Waals surface area contributed by atoms with Gasteiger partial charge in [-0.1, -0.05) is 53.5 Å². The minimum atomic E-state index is 0.344. The number of hydrogen-bond acceptors (Lipinski definition) is 2. The van der Waals surface area contributed by atoms with Crippen LogP contribution < -0.4 is 10.1 Å². The van der Waals surface area contributed by atoms with Crippen LogP contribution in [0.3, 0.4) is 0 Å². The van der Waals surface area contributed by atoms with Crippen molar-refractivity contribution in [2.75, 3.05) is 6.54 Å². The van der Waals surface area contributed by atoms with Gasteiger partial charge >= 0.3 is 0 Å². The number of rotatable bonds is 6. The Morgan fingerprint density at radius 3 is 2.71 bits per heavy atom. The summed E-state index contributed by atoms with van der Waals surface area (Å²) in [5, 5.41) is 4.07. The van der Waals surface area contributed by atoms with Gasteiger partial charge in [0.25, 0.3) is 0 Å². The van der Waals surface area contributed by atoms with Crippen LogP contribution >= 0.6 is 27.5 Å². The Hall–Kier alpha value is -1.03. The first kappa shape index (κ1) is 16.3. The van der Waals surface area contributed by atoms with E-state index in [0.717, 1.165) is 23.2 Å². The first-order chi connectivity index (χ1) is 10.1. The largest absolute Gasteiger partial charge is 0.456 e. The maximum absolute atomic E-state index is 6.17. The van der Waals surface area contributed by atoms with Gasteiger partial charge in [-0.05, 0) is 48.9 Å². The molecule has 2 aromatic carbocycles. The smallest absolute Gasteiger partial charge is 0.147 e. The summed E-state index contributed by atoms with van der Waals surface area (Å²) in [5.41, 5.74) is 1.22. The molecule has 2 rings (SSSR count). The van der Waals surface area contributed by atoms with E-state index in [-0.39, 0.29) is 0 Å². The van der Waals surface area contributed by atoms with Crippen molar-refractivity contribution in [1.82, 2.24) is 5.32 Å². The van der Waals surface area contributed by atoms with Crippen molar-refractivity contribution in [3.63, 3.8) is 0 Å². The fourth-order valence-electron chi connectivity index (χ4n) is 2.22. The van der Waals surface area contributed by atoms with E-state index in [2.05, 4.69) is 47.2 Å². The molecule has 0 spiro atoms. The molecule has 4 heteroatoms. The maximum Gasteiger partial charge on any atom is 0.147 e. The molecule has 0 aliphatic carbocycles. The summed E-state index contributed by atoms with van der Waals surface area (Å²) in [4.78, 5) is 0. The van der Waals surface area contributed by atoms with Crippen LogP contribution in [0.2, 0.25) is 5.02 Å². The summed E-state index contributed by atoms with van der Waals surface area (Å²) >= 11 is 9.60. The number of nitrogens with one attached hydrogen (secondary N) is 1. The molecule has 0 amide bonds. The van der Waals surface area contributed by atoms with Crippen molar-refractivity contribution in [3.05, 3.63) is 57.5 Å². The maximum atomic E-state index is 6.17. The summed E-state index contributed by atoms with van der Waals surface area (Å²) in [7, 11) is 0. The van der Waals surface area contributed by atoms with Gasteiger partial charge in [-0.3, -0.25) is 0 Å². The monoisotopic (exact) mass is 367 g/mol. The fourth-order valence-corrected chi connectivity index (χ4v) is 2.72. The summed E-state index contributed by atoms with van der Waals surface area (Å²) in [6.45, 7) is 5.23. The van der Waals surface area contributed by atoms with Gasteiger partial charge < -0.3 is 10.1 Å². The minimum absolute atomic E-state index is 0.344. The van der Waals surface area contributed by atoms with E-state index in [1.807, 2.05) is 30.3 Å². The van der Waals surface area contributed by atoms with Crippen molar-refractivity contribution in [2.24, 2.45) is 0 Å². The Labute approximate surface area is 139 Å². The van der Waals surface area contributed by atoms with Crippen molar-refractivity contribution in [3.8, 4) is 11.5 Å². The molecule has 0 aromatic heterocycles. The molecule has 0 saturated heterocycles. The molecule has 0 fully saturated rings. The number of hydrogen-bond donors (Lipinski definition) is 1. The number of halogens is 2. The molecule has 112 valence electrons. The van der Waals surface area contributed by atoms with E-state index < -0.39 is 0 Å². The molecule has 2 nitrogen and oxygen atoms in total. The van der Waals surface area contributed by atoms with E-state index in [1.165, 1.54) is 5.56 Å². The van der Waals surface area contributed by atoms with Crippen LogP contribution in [0.1, 0.15) is 31.9 Å². The van der Waals surface area contributed by atoms with Crippen LogP contribution in [0.15, 0.2) is 46.9 Å². The molecule has 0 heterocycles. The van der Waals surface area contributed by atoms with Crippen LogP contribution in [0.25, 0.3) is 0 Å². The van der Waals surface area contributed by atoms with Crippen molar-refractivity contribution < 1.29 is 4.74 Å². The Morgan fingerprint density at radius 2 is 2.00 bits per heavy atom. The first-order valence-electron chi connectivity index (χ1n) is 7.10. The number of ether oxygens (including phenoxy) is 1. The molecule has 1 N–H and O–H groups in total. The molecule has 0 aliphatic rings. The highest BCUT2D eigenvalue weighted by Crippen LogP contribution is 2.33. The van der Waals surface area contributed by atoms with Gasteiger partial charge in [0.2, 0.25) is 0 Å². The molecule has 21 heavy (non-hydrogen) atoms. The zero-order valence-corrected chi connectivity index (χ0v) is 14.5. The molecule has 0 radical (unpaired) electrons. The SMILES string of the molecule is CCNC(CC)c1cccc(Oc2cc(Br)ccc2Cl)c1. The van der Waals surface area contributed by atoms with E-state index in [4.69, 9.17) is 16.3 Å². The predicted molar refractivity (Wildman–Crippen MR) is 92.4 cm³/mol. The van der Waals surface area contributed by atoms with E-state index in [0.29, 0.717) is 16.8 Å². The van der Waals surface area contributed by atoms with Crippen LogP contribution in [-0.4, -0.2) is 6.54 Å². The Bertz CT molecular complexity index is 603. The average Bonchev–Trinajstić information content (AvgIpc) is 2.49. The molecule has 0 bridgehead atoms. The summed E-state index contributed by atoms with van der Waals surface area (Å²) in [6, 6.07) is 14.1. The van der Waals surface area contributed by atoms with Crippen LogP contribution in [0, 0.1) is 0 Å². The Balaban J connectivity index is 2.23. The van der Waals surface area contributed by atoms with Crippen LogP contribution in [-0.2, 0) is 0 Å². The van der Waals surface area contributed by atoms with Gasteiger partial charge in [0.1, 0.15) is 11.5 Å². The van der Waals surface area contributed by atoms with Gasteiger partial charge in [0, 0.05) is 10.5 Å². The molecule has 0 aliphatic heterocycles. The lowest BCUT2D eigenvalue weighted by atomic mass is 10.0. The first-order valence-corrected chi connectivity index (χ1v) is 8.27. The Kier molecular flexibility index (Phi) is 6.09. The molecular weight excluding hydrogens is 350 g/mol. The van der Waals surface area contributed by atoms with Crippen molar-refractivity contribution in [1.29, 1.82) is 0 Å². The topological polar surface area (TPSA) is 21.3 Å². The third-order valence-corrected chi connectivity index (χ3v) is 4.05. The zero-order chi connectivity index (χ0) is 15.2. The summed E-state index contributed by atoms with van der Waals surface area (Å²) in [6.07, 6.45) is 1.04. The molecule has 2 aromatic rings. The molecule has 1 unspecified atom stereocenters. The van der Waals surface area contributed by atoms with Crippen LogP contribution in [0.5, 0.6) is 11.5 Å². The fraction of sp³-hybridized carbons (Fsp3) is 0.294. The third kappa shape index (κ3) is 4.47. The Morgan fingerprint density at radius 1 is 1.19 bits per heavy atom. The van der Waals surface area contributed by atoms with Gasteiger partial charge in [0.15, 0.2) is 0 Å². The second kappa shape index (κ2) is 7.83. The third-order valence-electron chi connectivity index (χ3n) is 3.24. The van der Waals surface area contributed by atoms with Gasteiger partial charge in [-0.15, -0.1) is 0 Å². The van der Waals surface area contributed by atoms with E-state index >= 15 is 0 Å². The summed E-state index contributed by atoms with van der Waals surface area (Å²) in [5.74, 6) is 1.45. The highest BCUT2D eigenvalue weighted by molar-refractivity contribution is 9.10. The normalized spacial score (nSPS) is 12.2. The summed E-state index contributed by atoms with van der Waals surface area (Å²) < 4.78 is 6.86. The highest BCUT2D eigenvalue weighted by atomic mass is 79.9. The highest BCUT2D eigenvalue weighted by Gasteiger charge is 2.10. The van der Waals surface area contributed by atoms with Crippen LogP contribution in [0.4, 0.5) is 0 Å². The second-order valence-corrected chi connectivity index (χ2v) is 6.09. The van der Waals surface area contributed by atoms with Crippen molar-refractivity contribution >= 4 is 27.5 Å². The lowest BCUT2D eigenvalue weighted by Crippen LogP contribution is -2.19. The number of benzene rings is 2. The zero-order valence-electron chi connectivity index (χ0n) is 12.2. The van der Waals surface area contributed by atoms with Crippen molar-refractivity contribution in [2.45, 2.75) is 26.3 Å². The quantitative estimate of drug-likeness (QED) is 0.679. The lowest BCUT2D eigenvalue weighted by Gasteiger charge is -2.17. The minimum Gasteiger partial charge on any atom is -0.456 e. The van der Waals surface area contributed by atoms with Gasteiger partial charge in [0.05, 0.1) is 5.02 Å². The lowest BCUT2D eigenvalue weighted by molar-refractivity contribution is 0.477. The van der Waals surface area contributed by atoms with Gasteiger partial charge in [-0.2, -0.15) is 0 Å². The predicted octanol–water partition coefficient (Wildman–Crippen LogP) is 5.96. The molecule has 0 saturated carbocycles. The van der Waals surface area contributed by atoms with Gasteiger partial charge in [-0.25, -0.2) is 0 Å². The second-order valence-electron chi connectivity index (χ2n) is 4.77. The van der Waals surface area contributed by atoms with E-state index in [9.17, 15) is 0 Å². The van der Waals surface area contributed by atoms with E-state index in [1.54, 1.807) is 0 Å². The average molecular weight is 369 g/mol. The molecule has 1 atom stereocenters.